The summed E-state index contributed by atoms with van der Waals surface area (Å²) in [6, 6.07) is 0. The van der Waals surface area contributed by atoms with E-state index in [2.05, 4.69) is 68.4 Å². The van der Waals surface area contributed by atoms with Gasteiger partial charge in [0.2, 0.25) is 0 Å². The van der Waals surface area contributed by atoms with Crippen LogP contribution < -0.4 is 0 Å². The van der Waals surface area contributed by atoms with Crippen LogP contribution in [0.15, 0.2) is 34.9 Å². The summed E-state index contributed by atoms with van der Waals surface area (Å²) in [6.45, 7) is 21.7. The van der Waals surface area contributed by atoms with Gasteiger partial charge in [0.25, 0.3) is 0 Å². The lowest BCUT2D eigenvalue weighted by molar-refractivity contribution is -0.181. The Balaban J connectivity index is 0.000000153. The first-order valence-corrected chi connectivity index (χ1v) is 27.8. The van der Waals surface area contributed by atoms with Gasteiger partial charge in [-0.2, -0.15) is 0 Å². The third kappa shape index (κ3) is 9.23. The van der Waals surface area contributed by atoms with Crippen molar-refractivity contribution in [3.05, 3.63) is 34.9 Å². The summed E-state index contributed by atoms with van der Waals surface area (Å²) in [5.74, 6) is 2.73. The molecule has 392 valence electrons. The van der Waals surface area contributed by atoms with Gasteiger partial charge in [0.1, 0.15) is 12.6 Å². The lowest BCUT2D eigenvalue weighted by Gasteiger charge is -2.63. The molecule has 9 aliphatic carbocycles. The quantitative estimate of drug-likeness (QED) is 0.101. The molecule has 6 saturated carbocycles. The zero-order chi connectivity index (χ0) is 50.6. The predicted molar refractivity (Wildman–Crippen MR) is 274 cm³/mol. The van der Waals surface area contributed by atoms with E-state index in [-0.39, 0.29) is 54.5 Å². The SMILES string of the molecule is CC1(C)CCC[C@@]2(C)C1CC[C@@]1(CO)C(O)CC(CO)=CC[C@@H]12.CC1(C)CCC[C@@]2(C)C1CC[C@@]1(CO)[C@@H](O)CC(C=O)=CC[C@@H]12.CC1(C)CCC[C@@]2(C)C1CC[C@@]1(CO)[C@H](O)CC(C=O)=CC[C@@H]12. The summed E-state index contributed by atoms with van der Waals surface area (Å²) in [4.78, 5) is 22.6. The average Bonchev–Trinajstić information content (AvgIpc) is 3.63. The molecule has 0 amide bonds. The van der Waals surface area contributed by atoms with Crippen molar-refractivity contribution in [2.75, 3.05) is 26.4 Å². The van der Waals surface area contributed by atoms with E-state index in [1.54, 1.807) is 0 Å². The number of carbonyl (C=O) groups excluding carboxylic acids is 2. The molecule has 0 spiro atoms. The van der Waals surface area contributed by atoms with Crippen molar-refractivity contribution in [2.45, 2.75) is 215 Å². The van der Waals surface area contributed by atoms with Gasteiger partial charge in [-0.3, -0.25) is 9.59 Å². The lowest BCUT2D eigenvalue weighted by Crippen LogP contribution is -2.59. The van der Waals surface area contributed by atoms with E-state index in [1.807, 2.05) is 12.2 Å². The number of fused-ring (bicyclic) bond motifs is 9. The van der Waals surface area contributed by atoms with Gasteiger partial charge in [-0.1, -0.05) is 99.8 Å². The van der Waals surface area contributed by atoms with Crippen molar-refractivity contribution < 1.29 is 45.3 Å². The van der Waals surface area contributed by atoms with E-state index >= 15 is 0 Å². The molecule has 0 heterocycles. The maximum absolute atomic E-state index is 11.3. The number of aliphatic hydroxyl groups excluding tert-OH is 7. The van der Waals surface area contributed by atoms with Crippen LogP contribution in [0.2, 0.25) is 0 Å². The van der Waals surface area contributed by atoms with E-state index in [1.165, 1.54) is 57.8 Å². The van der Waals surface area contributed by atoms with Crippen molar-refractivity contribution >= 4 is 12.6 Å². The van der Waals surface area contributed by atoms with Crippen molar-refractivity contribution in [2.24, 2.45) is 84.2 Å². The fraction of sp³-hybridized carbons (Fsp3) is 0.867. The Kier molecular flexibility index (Phi) is 16.1. The van der Waals surface area contributed by atoms with Gasteiger partial charge in [-0.05, 0) is 187 Å². The van der Waals surface area contributed by atoms with Crippen LogP contribution in [0.1, 0.15) is 197 Å². The first kappa shape index (κ1) is 55.0. The molecule has 0 radical (unpaired) electrons. The van der Waals surface area contributed by atoms with E-state index < -0.39 is 34.6 Å². The summed E-state index contributed by atoms with van der Waals surface area (Å²) >= 11 is 0. The lowest BCUT2D eigenvalue weighted by atomic mass is 9.42. The molecule has 69 heavy (non-hydrogen) atoms. The van der Waals surface area contributed by atoms with Gasteiger partial charge in [0, 0.05) is 29.1 Å². The summed E-state index contributed by atoms with van der Waals surface area (Å²) in [7, 11) is 0. The van der Waals surface area contributed by atoms with Crippen LogP contribution in [-0.2, 0) is 9.59 Å². The fourth-order valence-electron chi connectivity index (χ4n) is 19.9. The van der Waals surface area contributed by atoms with Crippen molar-refractivity contribution in [3.8, 4) is 0 Å². The molecule has 9 rings (SSSR count). The second kappa shape index (κ2) is 20.2. The van der Waals surface area contributed by atoms with E-state index in [0.29, 0.717) is 70.3 Å². The van der Waals surface area contributed by atoms with E-state index in [9.17, 15) is 45.3 Å². The summed E-state index contributed by atoms with van der Waals surface area (Å²) in [5, 5.41) is 73.3. The highest BCUT2D eigenvalue weighted by atomic mass is 16.3. The predicted octanol–water partition coefficient (Wildman–Crippen LogP) is 10.3. The van der Waals surface area contributed by atoms with Gasteiger partial charge in [0.15, 0.2) is 0 Å². The minimum Gasteiger partial charge on any atom is -0.396 e. The molecule has 7 N–H and O–H groups in total. The van der Waals surface area contributed by atoms with Crippen LogP contribution in [0.25, 0.3) is 0 Å². The Morgan fingerprint density at radius 2 is 0.739 bits per heavy atom. The Morgan fingerprint density at radius 1 is 0.435 bits per heavy atom. The number of aliphatic hydroxyl groups is 7. The number of carbonyl (C=O) groups is 2. The largest absolute Gasteiger partial charge is 0.396 e. The third-order valence-electron chi connectivity index (χ3n) is 23.6. The number of allylic oxidation sites excluding steroid dienone is 3. The molecule has 9 heteroatoms. The minimum atomic E-state index is -0.612. The molecule has 0 aliphatic heterocycles. The highest BCUT2D eigenvalue weighted by Gasteiger charge is 2.64. The molecule has 0 aromatic heterocycles. The Bertz CT molecular complexity index is 1840. The zero-order valence-electron chi connectivity index (χ0n) is 44.7. The highest BCUT2D eigenvalue weighted by Crippen LogP contribution is 2.69. The molecule has 4 unspecified atom stereocenters. The summed E-state index contributed by atoms with van der Waals surface area (Å²) < 4.78 is 0. The Hall–Kier alpha value is -1.72. The molecule has 0 aromatic carbocycles. The van der Waals surface area contributed by atoms with Crippen LogP contribution >= 0.6 is 0 Å². The fourth-order valence-corrected chi connectivity index (χ4v) is 19.9. The third-order valence-corrected chi connectivity index (χ3v) is 23.6. The molecule has 0 aromatic rings. The van der Waals surface area contributed by atoms with Gasteiger partial charge >= 0.3 is 0 Å². The Morgan fingerprint density at radius 3 is 1.03 bits per heavy atom. The topological polar surface area (TPSA) is 176 Å². The molecular weight excluding hydrogens is 865 g/mol. The summed E-state index contributed by atoms with van der Waals surface area (Å²) in [5.41, 5.74) is 2.50. The van der Waals surface area contributed by atoms with Crippen LogP contribution in [-0.4, -0.2) is 93.1 Å². The molecule has 9 aliphatic rings. The minimum absolute atomic E-state index is 0.0247. The molecule has 9 nitrogen and oxygen atoms in total. The number of hydrogen-bond donors (Lipinski definition) is 7. The van der Waals surface area contributed by atoms with Crippen LogP contribution in [0.5, 0.6) is 0 Å². The molecule has 0 bridgehead atoms. The molecule has 15 atom stereocenters. The molecular formula is C60H98O9. The monoisotopic (exact) mass is 963 g/mol. The van der Waals surface area contributed by atoms with Crippen molar-refractivity contribution in [3.63, 3.8) is 0 Å². The number of rotatable bonds is 6. The van der Waals surface area contributed by atoms with Gasteiger partial charge in [-0.15, -0.1) is 0 Å². The zero-order valence-corrected chi connectivity index (χ0v) is 44.7. The van der Waals surface area contributed by atoms with Gasteiger partial charge in [-0.25, -0.2) is 0 Å². The highest BCUT2D eigenvalue weighted by molar-refractivity contribution is 5.73. The smallest absolute Gasteiger partial charge is 0.145 e. The van der Waals surface area contributed by atoms with Crippen LogP contribution in [0.4, 0.5) is 0 Å². The van der Waals surface area contributed by atoms with E-state index in [4.69, 9.17) is 0 Å². The number of aldehydes is 2. The Labute approximate surface area is 417 Å². The number of hydrogen-bond acceptors (Lipinski definition) is 9. The summed E-state index contributed by atoms with van der Waals surface area (Å²) in [6.07, 6.45) is 27.0. The second-order valence-corrected chi connectivity index (χ2v) is 27.8. The first-order valence-electron chi connectivity index (χ1n) is 27.8. The van der Waals surface area contributed by atoms with Crippen LogP contribution in [0.3, 0.4) is 0 Å². The van der Waals surface area contributed by atoms with E-state index in [0.717, 1.165) is 75.9 Å². The molecule has 6 fully saturated rings. The van der Waals surface area contributed by atoms with Crippen molar-refractivity contribution in [1.82, 2.24) is 0 Å². The van der Waals surface area contributed by atoms with Gasteiger partial charge < -0.3 is 35.7 Å². The maximum Gasteiger partial charge on any atom is 0.145 e. The maximum atomic E-state index is 11.3. The normalized spacial score (nSPS) is 46.2. The first-order chi connectivity index (χ1) is 32.4. The average molecular weight is 963 g/mol. The van der Waals surface area contributed by atoms with Crippen LogP contribution in [0, 0.1) is 84.2 Å². The standard InChI is InChI=1S/C20H34O3.2C20H32O3/c3*1-18(2)8-4-9-19(3)15(18)7-10-20(13-22)16(19)6-5-14(12-21)11-17(20)23/h5,15-17,21-23H,4,6-13H2,1-3H3;2*5,12,15-17,22-23H,4,6-11,13H2,1-3H3/t15?,16-,17?,19+,20+;15?,16-,17+,19+,20+;15?,16-,17-,19+,20+/m111/s1. The van der Waals surface area contributed by atoms with Gasteiger partial charge in [0.05, 0.1) is 44.7 Å². The van der Waals surface area contributed by atoms with Crippen molar-refractivity contribution in [1.29, 1.82) is 0 Å². The second-order valence-electron chi connectivity index (χ2n) is 27.8. The molecule has 0 saturated heterocycles.